The van der Waals surface area contributed by atoms with Crippen LogP contribution < -0.4 is 31.2 Å². The van der Waals surface area contributed by atoms with Crippen LogP contribution >= 0.6 is 0 Å². The highest BCUT2D eigenvalue weighted by Crippen LogP contribution is 2.34. The lowest BCUT2D eigenvalue weighted by atomic mass is 10.1. The Morgan fingerprint density at radius 2 is 1.83 bits per heavy atom. The molecule has 1 atom stereocenters. The lowest BCUT2D eigenvalue weighted by Crippen LogP contribution is -2.46. The number of nitrogen functional groups attached to an aromatic ring is 1. The number of ether oxygens (including phenoxy) is 2. The molecule has 3 aromatic rings. The van der Waals surface area contributed by atoms with Gasteiger partial charge in [0.2, 0.25) is 17.8 Å². The van der Waals surface area contributed by atoms with E-state index in [0.717, 1.165) is 0 Å². The standard InChI is InChI=1S/C34H42FN7O6/c1-5-24-32(45)38-19-21-9-11-27(23(35)16-21)48-29-17-22(10-12-28(29)47-4)31(44)37-13-7-15-42(14-6-8-30(43)39-24)33(46)26-18-25(20(2)3)40-34(36)41-26/h9-12,16-18,20,24H,5-8,13-15,19H2,1-4H3,(H,37,44)(H,38,45)(H,39,43)(H2,36,40,41)/t24-/m0/s1. The van der Waals surface area contributed by atoms with E-state index in [1.54, 1.807) is 36.1 Å². The molecule has 14 heteroatoms. The number of aromatic nitrogens is 2. The molecular formula is C34H42FN7O6. The van der Waals surface area contributed by atoms with E-state index in [2.05, 4.69) is 25.9 Å². The van der Waals surface area contributed by atoms with Gasteiger partial charge in [-0.05, 0) is 67.1 Å². The first kappa shape index (κ1) is 35.6. The van der Waals surface area contributed by atoms with Crippen LogP contribution in [0.15, 0.2) is 42.5 Å². The van der Waals surface area contributed by atoms with Crippen LogP contribution in [0.5, 0.6) is 17.2 Å². The number of nitrogens with zero attached hydrogens (tertiary/aromatic N) is 3. The third-order valence-electron chi connectivity index (χ3n) is 7.75. The van der Waals surface area contributed by atoms with Crippen LogP contribution in [0.25, 0.3) is 0 Å². The molecule has 4 bridgehead atoms. The van der Waals surface area contributed by atoms with Crippen molar-refractivity contribution in [1.82, 2.24) is 30.8 Å². The average Bonchev–Trinajstić information content (AvgIpc) is 3.07. The van der Waals surface area contributed by atoms with Gasteiger partial charge in [0, 0.05) is 43.9 Å². The summed E-state index contributed by atoms with van der Waals surface area (Å²) in [7, 11) is 1.43. The van der Waals surface area contributed by atoms with Crippen molar-refractivity contribution in [2.24, 2.45) is 0 Å². The van der Waals surface area contributed by atoms with Crippen molar-refractivity contribution in [3.05, 3.63) is 70.8 Å². The second-order valence-electron chi connectivity index (χ2n) is 11.7. The zero-order valence-electron chi connectivity index (χ0n) is 27.6. The summed E-state index contributed by atoms with van der Waals surface area (Å²) in [6, 6.07) is 9.62. The number of methoxy groups -OCH3 is 1. The van der Waals surface area contributed by atoms with Crippen LogP contribution in [0.3, 0.4) is 0 Å². The quantitative estimate of drug-likeness (QED) is 0.324. The van der Waals surface area contributed by atoms with Gasteiger partial charge < -0.3 is 36.1 Å². The largest absolute Gasteiger partial charge is 0.493 e. The normalized spacial score (nSPS) is 16.8. The second kappa shape index (κ2) is 16.5. The van der Waals surface area contributed by atoms with Crippen molar-refractivity contribution in [3.63, 3.8) is 0 Å². The zero-order valence-corrected chi connectivity index (χ0v) is 27.6. The van der Waals surface area contributed by atoms with Crippen molar-refractivity contribution in [1.29, 1.82) is 0 Å². The first-order chi connectivity index (χ1) is 23.0. The molecule has 3 heterocycles. The summed E-state index contributed by atoms with van der Waals surface area (Å²) in [4.78, 5) is 62.4. The molecule has 0 unspecified atom stereocenters. The molecule has 13 nitrogen and oxygen atoms in total. The fourth-order valence-electron chi connectivity index (χ4n) is 5.06. The molecule has 0 saturated heterocycles. The van der Waals surface area contributed by atoms with Gasteiger partial charge in [-0.1, -0.05) is 26.8 Å². The smallest absolute Gasteiger partial charge is 0.272 e. The van der Waals surface area contributed by atoms with Gasteiger partial charge in [-0.2, -0.15) is 0 Å². The van der Waals surface area contributed by atoms with Gasteiger partial charge in [-0.25, -0.2) is 14.4 Å². The Morgan fingerprint density at radius 1 is 1.06 bits per heavy atom. The lowest BCUT2D eigenvalue weighted by molar-refractivity contribution is -0.129. The molecular weight excluding hydrogens is 621 g/mol. The molecule has 2 aliphatic heterocycles. The summed E-state index contributed by atoms with van der Waals surface area (Å²) in [5.41, 5.74) is 7.40. The molecule has 48 heavy (non-hydrogen) atoms. The van der Waals surface area contributed by atoms with Crippen molar-refractivity contribution < 1.29 is 33.0 Å². The summed E-state index contributed by atoms with van der Waals surface area (Å²) in [5.74, 6) is -1.92. The highest BCUT2D eigenvalue weighted by molar-refractivity contribution is 5.95. The van der Waals surface area contributed by atoms with Gasteiger partial charge in [0.1, 0.15) is 11.7 Å². The Bertz CT molecular complexity index is 1650. The Morgan fingerprint density at radius 3 is 2.54 bits per heavy atom. The molecule has 5 N–H and O–H groups in total. The summed E-state index contributed by atoms with van der Waals surface area (Å²) in [6.45, 7) is 6.32. The predicted octanol–water partition coefficient (Wildman–Crippen LogP) is 3.69. The van der Waals surface area contributed by atoms with Crippen LogP contribution in [0, 0.1) is 5.82 Å². The molecule has 2 aliphatic rings. The van der Waals surface area contributed by atoms with Gasteiger partial charge in [-0.3, -0.25) is 19.2 Å². The highest BCUT2D eigenvalue weighted by atomic mass is 19.1. The van der Waals surface area contributed by atoms with E-state index < -0.39 is 23.7 Å². The number of nitrogens with two attached hydrogens (primary N) is 1. The van der Waals surface area contributed by atoms with Crippen LogP contribution in [-0.2, 0) is 16.1 Å². The number of hydrogen-bond acceptors (Lipinski definition) is 9. The van der Waals surface area contributed by atoms with Crippen LogP contribution in [0.2, 0.25) is 0 Å². The number of hydrogen-bond donors (Lipinski definition) is 4. The number of fused-ring (bicyclic) bond motifs is 16. The number of anilines is 1. The first-order valence-electron chi connectivity index (χ1n) is 15.9. The van der Waals surface area contributed by atoms with E-state index in [-0.39, 0.29) is 79.0 Å². The van der Waals surface area contributed by atoms with Gasteiger partial charge in [-0.15, -0.1) is 0 Å². The minimum atomic E-state index is -0.800. The van der Waals surface area contributed by atoms with Gasteiger partial charge in [0.15, 0.2) is 23.1 Å². The van der Waals surface area contributed by atoms with E-state index in [1.165, 1.54) is 25.3 Å². The number of nitrogens with one attached hydrogen (secondary N) is 3. The van der Waals surface area contributed by atoms with Crippen molar-refractivity contribution in [2.75, 3.05) is 32.5 Å². The molecule has 0 spiro atoms. The number of carbonyl (C=O) groups is 4. The van der Waals surface area contributed by atoms with Crippen LogP contribution in [0.4, 0.5) is 10.3 Å². The maximum atomic E-state index is 15.1. The molecule has 0 radical (unpaired) electrons. The van der Waals surface area contributed by atoms with E-state index >= 15 is 4.39 Å². The molecule has 1 aromatic heterocycles. The Balaban J connectivity index is 1.59. The number of amides is 4. The van der Waals surface area contributed by atoms with E-state index in [9.17, 15) is 19.2 Å². The summed E-state index contributed by atoms with van der Waals surface area (Å²) in [6.07, 6.45) is 1.08. The minimum absolute atomic E-state index is 0.0130. The van der Waals surface area contributed by atoms with Crippen molar-refractivity contribution in [2.45, 2.75) is 65.0 Å². The minimum Gasteiger partial charge on any atom is -0.493 e. The molecule has 256 valence electrons. The van der Waals surface area contributed by atoms with Crippen molar-refractivity contribution in [3.8, 4) is 17.2 Å². The first-order valence-corrected chi connectivity index (χ1v) is 15.9. The maximum absolute atomic E-state index is 15.1. The molecule has 0 aliphatic carbocycles. The fourth-order valence-corrected chi connectivity index (χ4v) is 5.06. The average molecular weight is 664 g/mol. The zero-order chi connectivity index (χ0) is 34.8. The molecule has 5 rings (SSSR count). The van der Waals surface area contributed by atoms with Gasteiger partial charge >= 0.3 is 0 Å². The summed E-state index contributed by atoms with van der Waals surface area (Å²) >= 11 is 0. The Kier molecular flexibility index (Phi) is 12.2. The van der Waals surface area contributed by atoms with E-state index in [4.69, 9.17) is 15.2 Å². The van der Waals surface area contributed by atoms with E-state index in [0.29, 0.717) is 36.3 Å². The lowest BCUT2D eigenvalue weighted by Gasteiger charge is -2.23. The summed E-state index contributed by atoms with van der Waals surface area (Å²) < 4.78 is 26.2. The summed E-state index contributed by atoms with van der Waals surface area (Å²) in [5, 5.41) is 8.32. The van der Waals surface area contributed by atoms with E-state index in [1.807, 2.05) is 13.8 Å². The van der Waals surface area contributed by atoms with Gasteiger partial charge in [0.05, 0.1) is 7.11 Å². The molecule has 0 saturated carbocycles. The third-order valence-corrected chi connectivity index (χ3v) is 7.75. The molecule has 0 fully saturated rings. The highest BCUT2D eigenvalue weighted by Gasteiger charge is 2.22. The monoisotopic (exact) mass is 663 g/mol. The number of halogens is 1. The Labute approximate surface area is 278 Å². The van der Waals surface area contributed by atoms with Gasteiger partial charge in [0.25, 0.3) is 11.8 Å². The maximum Gasteiger partial charge on any atom is 0.272 e. The third kappa shape index (κ3) is 9.39. The molecule has 4 amide bonds. The fraction of sp³-hybridized carbons (Fsp3) is 0.412. The number of benzene rings is 2. The van der Waals surface area contributed by atoms with Crippen LogP contribution in [0.1, 0.15) is 84.5 Å². The predicted molar refractivity (Wildman–Crippen MR) is 176 cm³/mol. The Hall–Kier alpha value is -5.27. The molecule has 2 aromatic carbocycles. The number of carbonyl (C=O) groups excluding carboxylic acids is 4. The SMILES string of the molecule is CC[C@@H]1NC(=O)CCCN(C(=O)c2cc(C(C)C)nc(N)n2)CCCNC(=O)c2ccc(OC)c(c2)Oc2ccc(cc2F)CNC1=O. The van der Waals surface area contributed by atoms with Crippen molar-refractivity contribution >= 4 is 29.6 Å². The number of rotatable bonds is 4. The topological polar surface area (TPSA) is 178 Å². The van der Waals surface area contributed by atoms with Crippen LogP contribution in [-0.4, -0.2) is 71.3 Å². The second-order valence-corrected chi connectivity index (χ2v) is 11.7.